The molecule has 0 saturated heterocycles. The van der Waals surface area contributed by atoms with Crippen molar-refractivity contribution in [2.45, 2.75) is 30.0 Å². The number of furan rings is 1. The number of carbonyl (C=O) groups is 1. The lowest BCUT2D eigenvalue weighted by Crippen LogP contribution is -2.27. The number of carbonyl (C=O) groups excluding carboxylic acids is 1. The highest BCUT2D eigenvalue weighted by Gasteiger charge is 2.17. The first-order chi connectivity index (χ1) is 14.4. The molecule has 1 atom stereocenters. The molecule has 0 radical (unpaired) electrons. The summed E-state index contributed by atoms with van der Waals surface area (Å²) in [6, 6.07) is 13.9. The van der Waals surface area contributed by atoms with Gasteiger partial charge in [0.05, 0.1) is 22.4 Å². The van der Waals surface area contributed by atoms with Crippen LogP contribution < -0.4 is 5.32 Å². The van der Waals surface area contributed by atoms with E-state index in [-0.39, 0.29) is 28.4 Å². The molecule has 156 valence electrons. The van der Waals surface area contributed by atoms with Crippen LogP contribution in [0.3, 0.4) is 0 Å². The smallest absolute Gasteiger partial charge is 0.257 e. The molecule has 0 aliphatic rings. The Morgan fingerprint density at radius 3 is 2.70 bits per heavy atom. The first kappa shape index (κ1) is 20.5. The molecule has 7 nitrogen and oxygen atoms in total. The Bertz CT molecular complexity index is 1290. The van der Waals surface area contributed by atoms with E-state index in [2.05, 4.69) is 10.3 Å². The Kier molecular flexibility index (Phi) is 5.57. The Balaban J connectivity index is 1.40. The Morgan fingerprint density at radius 2 is 1.93 bits per heavy atom. The second-order valence-electron chi connectivity index (χ2n) is 6.78. The van der Waals surface area contributed by atoms with Crippen LogP contribution in [0.4, 0.5) is 0 Å². The van der Waals surface area contributed by atoms with Gasteiger partial charge in [0.15, 0.2) is 15.4 Å². The predicted octanol–water partition coefficient (Wildman–Crippen LogP) is 4.34. The van der Waals surface area contributed by atoms with Crippen molar-refractivity contribution in [1.82, 2.24) is 10.3 Å². The third kappa shape index (κ3) is 4.22. The van der Waals surface area contributed by atoms with Crippen molar-refractivity contribution in [2.75, 3.05) is 11.5 Å². The van der Waals surface area contributed by atoms with Gasteiger partial charge in [0.1, 0.15) is 16.9 Å². The minimum absolute atomic E-state index is 0.0154. The van der Waals surface area contributed by atoms with Crippen molar-refractivity contribution in [3.63, 3.8) is 0 Å². The van der Waals surface area contributed by atoms with Crippen LogP contribution in [0.25, 0.3) is 22.1 Å². The zero-order valence-electron chi connectivity index (χ0n) is 16.4. The third-order valence-corrected chi connectivity index (χ3v) is 7.21. The molecule has 0 aliphatic heterocycles. The zero-order valence-corrected chi connectivity index (χ0v) is 18.0. The highest BCUT2D eigenvalue weighted by molar-refractivity contribution is 7.99. The summed E-state index contributed by atoms with van der Waals surface area (Å²) >= 11 is 1.15. The molecule has 1 N–H and O–H groups in total. The maximum Gasteiger partial charge on any atom is 0.257 e. The Labute approximate surface area is 177 Å². The maximum absolute atomic E-state index is 12.3. The van der Waals surface area contributed by atoms with Crippen LogP contribution in [-0.2, 0) is 14.6 Å². The van der Waals surface area contributed by atoms with Crippen molar-refractivity contribution in [2.24, 2.45) is 0 Å². The average Bonchev–Trinajstić information content (AvgIpc) is 3.35. The number of para-hydroxylation sites is 1. The van der Waals surface area contributed by atoms with Crippen LogP contribution in [0.15, 0.2) is 67.5 Å². The zero-order chi connectivity index (χ0) is 21.3. The van der Waals surface area contributed by atoms with Gasteiger partial charge in [-0.2, -0.15) is 0 Å². The molecule has 4 aromatic rings. The van der Waals surface area contributed by atoms with E-state index in [1.54, 1.807) is 13.0 Å². The van der Waals surface area contributed by atoms with Crippen molar-refractivity contribution in [3.8, 4) is 0 Å². The highest BCUT2D eigenvalue weighted by atomic mass is 32.2. The molecule has 0 fully saturated rings. The third-order valence-electron chi connectivity index (χ3n) is 4.65. The number of benzene rings is 2. The molecule has 0 saturated carbocycles. The van der Waals surface area contributed by atoms with E-state index in [9.17, 15) is 13.2 Å². The van der Waals surface area contributed by atoms with Gasteiger partial charge >= 0.3 is 0 Å². The maximum atomic E-state index is 12.3. The van der Waals surface area contributed by atoms with E-state index in [1.165, 1.54) is 12.1 Å². The fraction of sp³-hybridized carbons (Fsp3) is 0.238. The highest BCUT2D eigenvalue weighted by Crippen LogP contribution is 2.27. The summed E-state index contributed by atoms with van der Waals surface area (Å²) < 4.78 is 35.4. The molecule has 2 heterocycles. The summed E-state index contributed by atoms with van der Waals surface area (Å²) in [5.41, 5.74) is 1.70. The van der Waals surface area contributed by atoms with Crippen LogP contribution in [0.5, 0.6) is 0 Å². The van der Waals surface area contributed by atoms with Gasteiger partial charge in [-0.15, -0.1) is 0 Å². The lowest BCUT2D eigenvalue weighted by Gasteiger charge is -2.10. The SMILES string of the molecule is CCS(=O)(=O)c1ccc2oc(SCC(=O)N[C@H](C)c3cc4ccccc4o3)nc2c1. The van der Waals surface area contributed by atoms with Gasteiger partial charge in [0.25, 0.3) is 5.22 Å². The number of oxazole rings is 1. The van der Waals surface area contributed by atoms with Gasteiger partial charge < -0.3 is 14.2 Å². The van der Waals surface area contributed by atoms with Crippen LogP contribution in [0, 0.1) is 0 Å². The van der Waals surface area contributed by atoms with E-state index < -0.39 is 9.84 Å². The molecule has 4 rings (SSSR count). The van der Waals surface area contributed by atoms with E-state index in [4.69, 9.17) is 8.83 Å². The van der Waals surface area contributed by atoms with Crippen molar-refractivity contribution in [1.29, 1.82) is 0 Å². The van der Waals surface area contributed by atoms with Gasteiger partial charge in [-0.3, -0.25) is 4.79 Å². The number of hydrogen-bond acceptors (Lipinski definition) is 7. The van der Waals surface area contributed by atoms with Gasteiger partial charge in [-0.05, 0) is 37.3 Å². The first-order valence-electron chi connectivity index (χ1n) is 9.39. The lowest BCUT2D eigenvalue weighted by molar-refractivity contribution is -0.119. The van der Waals surface area contributed by atoms with Gasteiger partial charge in [0.2, 0.25) is 5.91 Å². The van der Waals surface area contributed by atoms with Crippen LogP contribution in [0.2, 0.25) is 0 Å². The monoisotopic (exact) mass is 444 g/mol. The number of sulfone groups is 1. The fourth-order valence-electron chi connectivity index (χ4n) is 3.01. The van der Waals surface area contributed by atoms with Crippen LogP contribution in [-0.4, -0.2) is 30.8 Å². The Hall–Kier alpha value is -2.78. The van der Waals surface area contributed by atoms with Crippen molar-refractivity contribution < 1.29 is 22.0 Å². The first-order valence-corrected chi connectivity index (χ1v) is 12.0. The molecule has 2 aromatic heterocycles. The molecule has 9 heteroatoms. The van der Waals surface area contributed by atoms with E-state index in [1.807, 2.05) is 37.3 Å². The quantitative estimate of drug-likeness (QED) is 0.423. The van der Waals surface area contributed by atoms with E-state index >= 15 is 0 Å². The summed E-state index contributed by atoms with van der Waals surface area (Å²) in [6.45, 7) is 3.45. The molecule has 0 aliphatic carbocycles. The van der Waals surface area contributed by atoms with Crippen molar-refractivity contribution >= 4 is 49.6 Å². The molecule has 0 unspecified atom stereocenters. The van der Waals surface area contributed by atoms with Crippen molar-refractivity contribution in [3.05, 3.63) is 54.3 Å². The van der Waals surface area contributed by atoms with E-state index in [0.717, 1.165) is 22.7 Å². The van der Waals surface area contributed by atoms with Gasteiger partial charge in [0, 0.05) is 5.39 Å². The molecule has 2 aromatic carbocycles. The lowest BCUT2D eigenvalue weighted by atomic mass is 10.2. The van der Waals surface area contributed by atoms with Gasteiger partial charge in [-0.25, -0.2) is 13.4 Å². The summed E-state index contributed by atoms with van der Waals surface area (Å²) in [7, 11) is -3.32. The second-order valence-corrected chi connectivity index (χ2v) is 9.98. The fourth-order valence-corrected chi connectivity index (χ4v) is 4.55. The summed E-state index contributed by atoms with van der Waals surface area (Å²) in [5, 5.41) is 4.19. The number of aromatic nitrogens is 1. The van der Waals surface area contributed by atoms with Gasteiger partial charge in [-0.1, -0.05) is 36.9 Å². The molecule has 0 spiro atoms. The number of thioether (sulfide) groups is 1. The van der Waals surface area contributed by atoms with Crippen LogP contribution >= 0.6 is 11.8 Å². The Morgan fingerprint density at radius 1 is 1.13 bits per heavy atom. The number of nitrogens with zero attached hydrogens (tertiary/aromatic N) is 1. The normalized spacial score (nSPS) is 13.0. The number of fused-ring (bicyclic) bond motifs is 2. The minimum Gasteiger partial charge on any atom is -0.459 e. The molecule has 30 heavy (non-hydrogen) atoms. The summed E-state index contributed by atoms with van der Waals surface area (Å²) in [5.74, 6) is 0.615. The largest absolute Gasteiger partial charge is 0.459 e. The summed E-state index contributed by atoms with van der Waals surface area (Å²) in [6.07, 6.45) is 0. The number of hydrogen-bond donors (Lipinski definition) is 1. The predicted molar refractivity (Wildman–Crippen MR) is 115 cm³/mol. The minimum atomic E-state index is -3.32. The van der Waals surface area contributed by atoms with Crippen LogP contribution in [0.1, 0.15) is 25.6 Å². The van der Waals surface area contributed by atoms with E-state index in [0.29, 0.717) is 22.1 Å². The molecule has 0 bridgehead atoms. The molecular formula is C21H20N2O5S2. The molecular weight excluding hydrogens is 424 g/mol. The number of nitrogens with one attached hydrogen (secondary N) is 1. The average molecular weight is 445 g/mol. The number of rotatable bonds is 7. The topological polar surface area (TPSA) is 102 Å². The molecule has 1 amide bonds. The second kappa shape index (κ2) is 8.16. The summed E-state index contributed by atoms with van der Waals surface area (Å²) in [4.78, 5) is 16.8. The standard InChI is InChI=1S/C21H20N2O5S2/c1-3-30(25,26)15-8-9-18-16(11-15)23-21(28-18)29-12-20(24)22-13(2)19-10-14-6-4-5-7-17(14)27-19/h4-11,13H,3,12H2,1-2H3,(H,22,24)/t13-/m1/s1. The number of amides is 1.